The number of hydrogen-bond acceptors (Lipinski definition) is 4. The monoisotopic (exact) mass is 376 g/mol. The molecule has 0 bridgehead atoms. The zero-order chi connectivity index (χ0) is 18.6. The lowest BCUT2D eigenvalue weighted by atomic mass is 10.2. The van der Waals surface area contributed by atoms with E-state index in [1.54, 1.807) is 24.5 Å². The van der Waals surface area contributed by atoms with Crippen LogP contribution in [-0.2, 0) is 4.79 Å². The first-order valence-electron chi connectivity index (χ1n) is 8.34. The van der Waals surface area contributed by atoms with Gasteiger partial charge in [-0.15, -0.1) is 0 Å². The highest BCUT2D eigenvalue weighted by molar-refractivity contribution is 7.99. The van der Waals surface area contributed by atoms with E-state index in [1.807, 2.05) is 53.1 Å². The molecule has 4 aromatic rings. The molecule has 0 saturated carbocycles. The van der Waals surface area contributed by atoms with Crippen LogP contribution in [0.15, 0.2) is 84.3 Å². The average Bonchev–Trinajstić information content (AvgIpc) is 3.12. The summed E-state index contributed by atoms with van der Waals surface area (Å²) in [5, 5.41) is 14.9. The number of imidazole rings is 1. The Morgan fingerprint density at radius 1 is 1.07 bits per heavy atom. The minimum Gasteiger partial charge on any atom is -0.618 e. The highest BCUT2D eigenvalue weighted by atomic mass is 32.2. The maximum absolute atomic E-state index is 12.1. The lowest BCUT2D eigenvalue weighted by Crippen LogP contribution is -2.28. The Labute approximate surface area is 160 Å². The van der Waals surface area contributed by atoms with Crippen LogP contribution in [-0.4, -0.2) is 21.2 Å². The van der Waals surface area contributed by atoms with Crippen LogP contribution in [0.1, 0.15) is 0 Å². The molecular formula is C20H16N4O2S. The molecule has 4 rings (SSSR count). The van der Waals surface area contributed by atoms with Gasteiger partial charge in [-0.2, -0.15) is 4.73 Å². The summed E-state index contributed by atoms with van der Waals surface area (Å²) in [7, 11) is 0. The smallest absolute Gasteiger partial charge is 0.251 e. The summed E-state index contributed by atoms with van der Waals surface area (Å²) in [5.74, 6) is 0.00450. The first kappa shape index (κ1) is 17.1. The summed E-state index contributed by atoms with van der Waals surface area (Å²) in [6, 6.07) is 20.6. The van der Waals surface area contributed by atoms with Gasteiger partial charge in [0, 0.05) is 23.5 Å². The number of carbonyl (C=O) groups excluding carboxylic acids is 1. The predicted octanol–water partition coefficient (Wildman–Crippen LogP) is 3.39. The molecule has 1 amide bonds. The standard InChI is InChI=1S/C20H16N4O2S/c25-19(13-27-20-7-3-4-12-24(20)26)22-15-8-10-16(11-9-15)23-14-21-17-5-1-2-6-18(17)23/h1-12,14H,13H2,(H,22,25). The zero-order valence-corrected chi connectivity index (χ0v) is 15.1. The molecule has 0 aliphatic rings. The fourth-order valence-corrected chi connectivity index (χ4v) is 3.45. The van der Waals surface area contributed by atoms with Crippen molar-refractivity contribution in [2.45, 2.75) is 5.03 Å². The molecular weight excluding hydrogens is 360 g/mol. The summed E-state index contributed by atoms with van der Waals surface area (Å²) in [6.07, 6.45) is 3.20. The van der Waals surface area contributed by atoms with Crippen LogP contribution >= 0.6 is 11.8 Å². The van der Waals surface area contributed by atoms with Gasteiger partial charge in [0.05, 0.1) is 16.8 Å². The number of rotatable bonds is 5. The molecule has 0 aliphatic heterocycles. The van der Waals surface area contributed by atoms with Gasteiger partial charge in [-0.25, -0.2) is 4.98 Å². The molecule has 0 spiro atoms. The Morgan fingerprint density at radius 2 is 1.85 bits per heavy atom. The van der Waals surface area contributed by atoms with Crippen molar-refractivity contribution >= 4 is 34.4 Å². The first-order chi connectivity index (χ1) is 13.2. The summed E-state index contributed by atoms with van der Waals surface area (Å²) in [6.45, 7) is 0. The molecule has 0 saturated heterocycles. The maximum atomic E-state index is 12.1. The highest BCUT2D eigenvalue weighted by Crippen LogP contribution is 2.20. The lowest BCUT2D eigenvalue weighted by molar-refractivity contribution is -0.645. The molecule has 2 heterocycles. The molecule has 2 aromatic carbocycles. The van der Waals surface area contributed by atoms with Crippen molar-refractivity contribution < 1.29 is 9.52 Å². The van der Waals surface area contributed by atoms with E-state index in [9.17, 15) is 10.0 Å². The lowest BCUT2D eigenvalue weighted by Gasteiger charge is -2.08. The Kier molecular flexibility index (Phi) is 4.76. The number of thioether (sulfide) groups is 1. The number of pyridine rings is 1. The Balaban J connectivity index is 1.42. The summed E-state index contributed by atoms with van der Waals surface area (Å²) < 4.78 is 2.75. The number of fused-ring (bicyclic) bond motifs is 1. The highest BCUT2D eigenvalue weighted by Gasteiger charge is 2.09. The van der Waals surface area contributed by atoms with Crippen LogP contribution in [0.2, 0.25) is 0 Å². The summed E-state index contributed by atoms with van der Waals surface area (Å²) in [5.41, 5.74) is 3.63. The average molecular weight is 376 g/mol. The molecule has 134 valence electrons. The van der Waals surface area contributed by atoms with E-state index < -0.39 is 0 Å². The van der Waals surface area contributed by atoms with Crippen LogP contribution < -0.4 is 10.0 Å². The topological polar surface area (TPSA) is 73.9 Å². The van der Waals surface area contributed by atoms with E-state index in [0.29, 0.717) is 10.7 Å². The van der Waals surface area contributed by atoms with Gasteiger partial charge in [-0.3, -0.25) is 9.36 Å². The largest absolute Gasteiger partial charge is 0.618 e. The normalized spacial score (nSPS) is 10.8. The maximum Gasteiger partial charge on any atom is 0.251 e. The van der Waals surface area contributed by atoms with Gasteiger partial charge in [0.15, 0.2) is 6.20 Å². The number of amides is 1. The van der Waals surface area contributed by atoms with Crippen molar-refractivity contribution in [3.8, 4) is 5.69 Å². The van der Waals surface area contributed by atoms with Gasteiger partial charge in [0.1, 0.15) is 6.33 Å². The number of carbonyl (C=O) groups is 1. The van der Waals surface area contributed by atoms with Crippen LogP contribution in [0.5, 0.6) is 0 Å². The van der Waals surface area contributed by atoms with Gasteiger partial charge in [-0.1, -0.05) is 12.1 Å². The van der Waals surface area contributed by atoms with Crippen molar-refractivity contribution in [1.82, 2.24) is 9.55 Å². The number of nitrogens with one attached hydrogen (secondary N) is 1. The van der Waals surface area contributed by atoms with Gasteiger partial charge in [0.2, 0.25) is 5.91 Å². The third-order valence-corrected chi connectivity index (χ3v) is 5.04. The third kappa shape index (κ3) is 3.78. The Hall–Kier alpha value is -3.32. The molecule has 27 heavy (non-hydrogen) atoms. The van der Waals surface area contributed by atoms with E-state index in [0.717, 1.165) is 21.5 Å². The minimum atomic E-state index is -0.162. The minimum absolute atomic E-state index is 0.162. The van der Waals surface area contributed by atoms with E-state index >= 15 is 0 Å². The zero-order valence-electron chi connectivity index (χ0n) is 14.3. The second-order valence-electron chi connectivity index (χ2n) is 5.85. The number of hydrogen-bond donors (Lipinski definition) is 1. The molecule has 0 aliphatic carbocycles. The number of nitrogens with zero attached hydrogens (tertiary/aromatic N) is 3. The van der Waals surface area contributed by atoms with Crippen molar-refractivity contribution in [3.05, 3.63) is 84.5 Å². The predicted molar refractivity (Wildman–Crippen MR) is 106 cm³/mol. The van der Waals surface area contributed by atoms with Gasteiger partial charge in [-0.05, 0) is 54.2 Å². The summed E-state index contributed by atoms with van der Waals surface area (Å²) in [4.78, 5) is 16.5. The number of anilines is 1. The number of benzene rings is 2. The van der Waals surface area contributed by atoms with Crippen molar-refractivity contribution in [2.75, 3.05) is 11.1 Å². The van der Waals surface area contributed by atoms with Gasteiger partial charge in [0.25, 0.3) is 5.03 Å². The van der Waals surface area contributed by atoms with Crippen LogP contribution in [0.3, 0.4) is 0 Å². The summed E-state index contributed by atoms with van der Waals surface area (Å²) >= 11 is 1.20. The molecule has 0 atom stereocenters. The van der Waals surface area contributed by atoms with Gasteiger partial charge >= 0.3 is 0 Å². The number of para-hydroxylation sites is 2. The van der Waals surface area contributed by atoms with E-state index in [1.165, 1.54) is 18.0 Å². The molecule has 6 nitrogen and oxygen atoms in total. The van der Waals surface area contributed by atoms with Crippen molar-refractivity contribution in [1.29, 1.82) is 0 Å². The van der Waals surface area contributed by atoms with Crippen molar-refractivity contribution in [2.24, 2.45) is 0 Å². The molecule has 0 unspecified atom stereocenters. The van der Waals surface area contributed by atoms with Crippen LogP contribution in [0.4, 0.5) is 5.69 Å². The van der Waals surface area contributed by atoms with Crippen molar-refractivity contribution in [3.63, 3.8) is 0 Å². The first-order valence-corrected chi connectivity index (χ1v) is 9.33. The molecule has 7 heteroatoms. The molecule has 1 N–H and O–H groups in total. The van der Waals surface area contributed by atoms with Crippen LogP contribution in [0, 0.1) is 5.21 Å². The molecule has 2 aromatic heterocycles. The van der Waals surface area contributed by atoms with Gasteiger partial charge < -0.3 is 10.5 Å². The van der Waals surface area contributed by atoms with E-state index in [-0.39, 0.29) is 11.7 Å². The molecule has 0 radical (unpaired) electrons. The molecule has 0 fully saturated rings. The second-order valence-corrected chi connectivity index (χ2v) is 6.85. The Morgan fingerprint density at radius 3 is 2.67 bits per heavy atom. The quantitative estimate of drug-likeness (QED) is 0.329. The third-order valence-electron chi connectivity index (χ3n) is 4.02. The second kappa shape index (κ2) is 7.51. The van der Waals surface area contributed by atoms with E-state index in [2.05, 4.69) is 10.3 Å². The van der Waals surface area contributed by atoms with E-state index in [4.69, 9.17) is 0 Å². The Bertz CT molecular complexity index is 1090. The van der Waals surface area contributed by atoms with Crippen LogP contribution in [0.25, 0.3) is 16.7 Å². The fourth-order valence-electron chi connectivity index (χ4n) is 2.73. The fraction of sp³-hybridized carbons (Fsp3) is 0.0500. The number of aromatic nitrogens is 3. The SMILES string of the molecule is O=C(CSc1cccc[n+]1[O-])Nc1ccc(-n2cnc3ccccc32)cc1.